The molecule has 2 heterocycles. The number of nitrogens with two attached hydrogens (primary N) is 1. The lowest BCUT2D eigenvalue weighted by molar-refractivity contribution is 0.613. The van der Waals surface area contributed by atoms with Gasteiger partial charge in [-0.2, -0.15) is 4.98 Å². The fourth-order valence-electron chi connectivity index (χ4n) is 1.84. The molecule has 0 spiro atoms. The lowest BCUT2D eigenvalue weighted by Gasteiger charge is -2.03. The standard InChI is InChI=1S/C11H18N6O2/c1-2-3-6-17-8-7(9(18)16-11(17)19)14-10(15-8)13-5-4-12/h2-6,12H2,1H3,(H2,13,14,15)(H,16,18,19). The molecule has 0 radical (unpaired) electrons. The fraction of sp³-hybridized carbons (Fsp3) is 0.545. The molecule has 0 aliphatic carbocycles. The van der Waals surface area contributed by atoms with E-state index >= 15 is 0 Å². The van der Waals surface area contributed by atoms with Crippen LogP contribution in [0.4, 0.5) is 5.95 Å². The number of imidazole rings is 1. The SMILES string of the molecule is CCCCn1c(=O)[nH]c(=O)c2[nH]c(NCCN)nc21. The highest BCUT2D eigenvalue weighted by molar-refractivity contribution is 5.72. The van der Waals surface area contributed by atoms with Gasteiger partial charge in [0.05, 0.1) is 0 Å². The highest BCUT2D eigenvalue weighted by Gasteiger charge is 2.12. The lowest BCUT2D eigenvalue weighted by atomic mass is 10.3. The Kier molecular flexibility index (Phi) is 4.00. The number of aromatic nitrogens is 4. The summed E-state index contributed by atoms with van der Waals surface area (Å²) in [7, 11) is 0. The number of hydrogen-bond donors (Lipinski definition) is 4. The molecular formula is C11H18N6O2. The molecule has 8 heteroatoms. The zero-order chi connectivity index (χ0) is 13.8. The second-order valence-electron chi connectivity index (χ2n) is 4.26. The van der Waals surface area contributed by atoms with Crippen molar-refractivity contribution in [1.29, 1.82) is 0 Å². The van der Waals surface area contributed by atoms with Gasteiger partial charge in [0.1, 0.15) is 0 Å². The Morgan fingerprint density at radius 2 is 2.16 bits per heavy atom. The lowest BCUT2D eigenvalue weighted by Crippen LogP contribution is -2.30. The van der Waals surface area contributed by atoms with Gasteiger partial charge < -0.3 is 16.0 Å². The number of unbranched alkanes of at least 4 members (excludes halogenated alkanes) is 1. The Morgan fingerprint density at radius 3 is 2.84 bits per heavy atom. The first-order valence-corrected chi connectivity index (χ1v) is 6.34. The van der Waals surface area contributed by atoms with E-state index in [9.17, 15) is 9.59 Å². The zero-order valence-electron chi connectivity index (χ0n) is 10.8. The fourth-order valence-corrected chi connectivity index (χ4v) is 1.84. The van der Waals surface area contributed by atoms with E-state index in [1.165, 1.54) is 4.57 Å². The van der Waals surface area contributed by atoms with E-state index < -0.39 is 11.2 Å². The summed E-state index contributed by atoms with van der Waals surface area (Å²) in [6, 6.07) is 0. The largest absolute Gasteiger partial charge is 0.354 e. The van der Waals surface area contributed by atoms with Crippen LogP contribution in [0.25, 0.3) is 11.2 Å². The summed E-state index contributed by atoms with van der Waals surface area (Å²) in [6.45, 7) is 3.56. The second kappa shape index (κ2) is 5.70. The van der Waals surface area contributed by atoms with Gasteiger partial charge in [-0.25, -0.2) is 4.79 Å². The van der Waals surface area contributed by atoms with Crippen molar-refractivity contribution in [3.05, 3.63) is 20.8 Å². The summed E-state index contributed by atoms with van der Waals surface area (Å²) >= 11 is 0. The van der Waals surface area contributed by atoms with Crippen LogP contribution in [0.1, 0.15) is 19.8 Å². The molecule has 0 atom stereocenters. The summed E-state index contributed by atoms with van der Waals surface area (Å²) < 4.78 is 1.48. The third kappa shape index (κ3) is 2.68. The molecule has 0 aromatic carbocycles. The molecule has 0 unspecified atom stereocenters. The van der Waals surface area contributed by atoms with Gasteiger partial charge in [-0.1, -0.05) is 13.3 Å². The first-order valence-electron chi connectivity index (χ1n) is 6.34. The molecule has 0 saturated heterocycles. The van der Waals surface area contributed by atoms with E-state index in [1.807, 2.05) is 6.92 Å². The van der Waals surface area contributed by atoms with Gasteiger partial charge >= 0.3 is 5.69 Å². The molecule has 104 valence electrons. The van der Waals surface area contributed by atoms with E-state index in [4.69, 9.17) is 5.73 Å². The smallest absolute Gasteiger partial charge is 0.330 e. The molecule has 0 aliphatic rings. The van der Waals surface area contributed by atoms with Crippen molar-refractivity contribution in [3.8, 4) is 0 Å². The van der Waals surface area contributed by atoms with Gasteiger partial charge in [0.2, 0.25) is 5.95 Å². The number of rotatable bonds is 6. The third-order valence-corrected chi connectivity index (χ3v) is 2.81. The molecule has 8 nitrogen and oxygen atoms in total. The van der Waals surface area contributed by atoms with E-state index in [1.54, 1.807) is 0 Å². The minimum Gasteiger partial charge on any atom is -0.354 e. The van der Waals surface area contributed by atoms with Crippen LogP contribution >= 0.6 is 0 Å². The number of nitrogens with one attached hydrogen (secondary N) is 3. The topological polar surface area (TPSA) is 122 Å². The molecule has 19 heavy (non-hydrogen) atoms. The Morgan fingerprint density at radius 1 is 1.37 bits per heavy atom. The Bertz CT molecular complexity index is 668. The van der Waals surface area contributed by atoms with Gasteiger partial charge in [-0.05, 0) is 6.42 Å². The summed E-state index contributed by atoms with van der Waals surface area (Å²) in [5.41, 5.74) is 5.19. The molecule has 2 aromatic rings. The van der Waals surface area contributed by atoms with E-state index in [0.717, 1.165) is 12.8 Å². The Labute approximate surface area is 109 Å². The zero-order valence-corrected chi connectivity index (χ0v) is 10.8. The number of nitrogens with zero attached hydrogens (tertiary/aromatic N) is 2. The summed E-state index contributed by atoms with van der Waals surface area (Å²) in [4.78, 5) is 32.9. The van der Waals surface area contributed by atoms with Crippen LogP contribution in [-0.2, 0) is 6.54 Å². The monoisotopic (exact) mass is 266 g/mol. The quantitative estimate of drug-likeness (QED) is 0.566. The number of anilines is 1. The van der Waals surface area contributed by atoms with E-state index in [-0.39, 0.29) is 0 Å². The predicted octanol–water partition coefficient (Wildman–Crippen LogP) is -0.416. The molecule has 0 saturated carbocycles. The van der Waals surface area contributed by atoms with Gasteiger partial charge in [-0.15, -0.1) is 0 Å². The molecule has 0 amide bonds. The molecular weight excluding hydrogens is 248 g/mol. The number of aromatic amines is 2. The number of fused-ring (bicyclic) bond motifs is 1. The maximum Gasteiger partial charge on any atom is 0.330 e. The molecule has 0 fully saturated rings. The average molecular weight is 266 g/mol. The predicted molar refractivity (Wildman–Crippen MR) is 73.4 cm³/mol. The molecule has 5 N–H and O–H groups in total. The van der Waals surface area contributed by atoms with Crippen molar-refractivity contribution in [2.24, 2.45) is 5.73 Å². The summed E-state index contributed by atoms with van der Waals surface area (Å²) in [6.07, 6.45) is 1.80. The maximum atomic E-state index is 11.8. The van der Waals surface area contributed by atoms with Crippen LogP contribution in [0.2, 0.25) is 0 Å². The van der Waals surface area contributed by atoms with Gasteiger partial charge in [0.25, 0.3) is 5.56 Å². The maximum absolute atomic E-state index is 11.8. The highest BCUT2D eigenvalue weighted by atomic mass is 16.2. The first-order chi connectivity index (χ1) is 9.17. The van der Waals surface area contributed by atoms with Crippen LogP contribution in [0.5, 0.6) is 0 Å². The van der Waals surface area contributed by atoms with Gasteiger partial charge in [-0.3, -0.25) is 14.3 Å². The van der Waals surface area contributed by atoms with E-state index in [0.29, 0.717) is 36.7 Å². The summed E-state index contributed by atoms with van der Waals surface area (Å²) in [5, 5.41) is 2.95. The van der Waals surface area contributed by atoms with Crippen LogP contribution in [0.3, 0.4) is 0 Å². The molecule has 2 rings (SSSR count). The van der Waals surface area contributed by atoms with E-state index in [2.05, 4.69) is 20.3 Å². The summed E-state index contributed by atoms with van der Waals surface area (Å²) in [5.74, 6) is 0.446. The second-order valence-corrected chi connectivity index (χ2v) is 4.26. The average Bonchev–Trinajstić information content (AvgIpc) is 2.80. The minimum absolute atomic E-state index is 0.301. The van der Waals surface area contributed by atoms with Crippen LogP contribution in [0.15, 0.2) is 9.59 Å². The highest BCUT2D eigenvalue weighted by Crippen LogP contribution is 2.09. The normalized spacial score (nSPS) is 11.1. The molecule has 0 aliphatic heterocycles. The third-order valence-electron chi connectivity index (χ3n) is 2.81. The van der Waals surface area contributed by atoms with Crippen molar-refractivity contribution in [2.75, 3.05) is 18.4 Å². The minimum atomic E-state index is -0.457. The van der Waals surface area contributed by atoms with Crippen LogP contribution < -0.4 is 22.3 Å². The van der Waals surface area contributed by atoms with Gasteiger partial charge in [0.15, 0.2) is 11.2 Å². The first kappa shape index (κ1) is 13.3. The van der Waals surface area contributed by atoms with Crippen molar-refractivity contribution in [1.82, 2.24) is 19.5 Å². The van der Waals surface area contributed by atoms with Crippen molar-refractivity contribution < 1.29 is 0 Å². The van der Waals surface area contributed by atoms with Crippen LogP contribution in [-0.4, -0.2) is 32.6 Å². The van der Waals surface area contributed by atoms with Crippen LogP contribution in [0, 0.1) is 0 Å². The molecule has 2 aromatic heterocycles. The number of aryl methyl sites for hydroxylation is 1. The Hall–Kier alpha value is -2.09. The Balaban J connectivity index is 2.51. The molecule has 0 bridgehead atoms. The van der Waals surface area contributed by atoms with Crippen molar-refractivity contribution >= 4 is 17.1 Å². The van der Waals surface area contributed by atoms with Crippen molar-refractivity contribution in [3.63, 3.8) is 0 Å². The van der Waals surface area contributed by atoms with Gasteiger partial charge in [0, 0.05) is 19.6 Å². The number of H-pyrrole nitrogens is 2. The number of hydrogen-bond acceptors (Lipinski definition) is 5. The van der Waals surface area contributed by atoms with Crippen molar-refractivity contribution in [2.45, 2.75) is 26.3 Å².